The molecule has 1 aliphatic heterocycles. The van der Waals surface area contributed by atoms with Crippen LogP contribution >= 0.6 is 0 Å². The highest BCUT2D eigenvalue weighted by Gasteiger charge is 2.42. The fraction of sp³-hybridized carbons (Fsp3) is 0.419. The fourth-order valence-electron chi connectivity index (χ4n) is 5.34. The number of allylic oxidation sites excluding steroid dienone is 3. The summed E-state index contributed by atoms with van der Waals surface area (Å²) in [5.74, 6) is 1.39. The predicted molar refractivity (Wildman–Crippen MR) is 147 cm³/mol. The average molecular weight is 536 g/mol. The number of hydrogen-bond acceptors (Lipinski definition) is 8. The van der Waals surface area contributed by atoms with Crippen LogP contribution in [0.4, 0.5) is 0 Å². The van der Waals surface area contributed by atoms with E-state index in [0.29, 0.717) is 58.2 Å². The van der Waals surface area contributed by atoms with Crippen LogP contribution in [0.3, 0.4) is 0 Å². The summed E-state index contributed by atoms with van der Waals surface area (Å²) in [7, 11) is 6.34. The van der Waals surface area contributed by atoms with Crippen molar-refractivity contribution in [3.8, 4) is 23.0 Å². The van der Waals surface area contributed by atoms with E-state index in [-0.39, 0.29) is 24.2 Å². The molecule has 1 heterocycles. The lowest BCUT2D eigenvalue weighted by molar-refractivity contribution is -0.140. The number of nitrogens with one attached hydrogen (secondary N) is 1. The summed E-state index contributed by atoms with van der Waals surface area (Å²) in [4.78, 5) is 27.4. The van der Waals surface area contributed by atoms with Crippen LogP contribution in [-0.4, -0.2) is 46.8 Å². The van der Waals surface area contributed by atoms with Gasteiger partial charge in [-0.05, 0) is 48.9 Å². The summed E-state index contributed by atoms with van der Waals surface area (Å²) < 4.78 is 27.7. The Morgan fingerprint density at radius 2 is 1.64 bits per heavy atom. The van der Waals surface area contributed by atoms with E-state index in [0.717, 1.165) is 11.3 Å². The maximum atomic E-state index is 13.9. The van der Waals surface area contributed by atoms with Gasteiger partial charge in [-0.1, -0.05) is 26.0 Å². The summed E-state index contributed by atoms with van der Waals surface area (Å²) in [6.07, 6.45) is 0.884. The molecule has 2 aliphatic rings. The van der Waals surface area contributed by atoms with E-state index in [1.807, 2.05) is 51.1 Å². The van der Waals surface area contributed by atoms with Gasteiger partial charge in [0.2, 0.25) is 0 Å². The van der Waals surface area contributed by atoms with E-state index in [1.54, 1.807) is 34.5 Å². The van der Waals surface area contributed by atoms with Gasteiger partial charge in [0.25, 0.3) is 0 Å². The van der Waals surface area contributed by atoms with Gasteiger partial charge >= 0.3 is 5.97 Å². The second-order valence-corrected chi connectivity index (χ2v) is 10.2. The predicted octanol–water partition coefficient (Wildman–Crippen LogP) is 5.28. The molecule has 0 unspecified atom stereocenters. The van der Waals surface area contributed by atoms with Gasteiger partial charge in [-0.2, -0.15) is 0 Å². The monoisotopic (exact) mass is 535 g/mol. The van der Waals surface area contributed by atoms with Crippen molar-refractivity contribution < 1.29 is 33.3 Å². The Morgan fingerprint density at radius 3 is 2.28 bits per heavy atom. The van der Waals surface area contributed by atoms with E-state index < -0.39 is 11.9 Å². The summed E-state index contributed by atoms with van der Waals surface area (Å²) in [5, 5.41) is 3.39. The number of carbonyl (C=O) groups excluding carboxylic acids is 2. The molecule has 0 amide bonds. The first-order valence-electron chi connectivity index (χ1n) is 13.1. The van der Waals surface area contributed by atoms with Crippen LogP contribution in [0.5, 0.6) is 23.0 Å². The molecule has 8 heteroatoms. The second kappa shape index (κ2) is 11.8. The molecule has 0 spiro atoms. The van der Waals surface area contributed by atoms with Crippen molar-refractivity contribution in [2.45, 2.75) is 45.4 Å². The lowest BCUT2D eigenvalue weighted by Gasteiger charge is -2.37. The average Bonchev–Trinajstić information content (AvgIpc) is 2.94. The molecule has 8 nitrogen and oxygen atoms in total. The van der Waals surface area contributed by atoms with Gasteiger partial charge in [-0.25, -0.2) is 4.79 Å². The van der Waals surface area contributed by atoms with Crippen LogP contribution < -0.4 is 24.3 Å². The second-order valence-electron chi connectivity index (χ2n) is 10.2. The first-order valence-corrected chi connectivity index (χ1v) is 13.1. The smallest absolute Gasteiger partial charge is 0.336 e. The zero-order chi connectivity index (χ0) is 28.3. The molecule has 1 aliphatic carbocycles. The highest BCUT2D eigenvalue weighted by molar-refractivity contribution is 6.04. The molecular weight excluding hydrogens is 498 g/mol. The van der Waals surface area contributed by atoms with Gasteiger partial charge in [0.15, 0.2) is 17.3 Å². The molecular formula is C31H37NO7. The highest BCUT2D eigenvalue weighted by Crippen LogP contribution is 2.48. The number of esters is 1. The zero-order valence-corrected chi connectivity index (χ0v) is 23.7. The van der Waals surface area contributed by atoms with Gasteiger partial charge in [-0.15, -0.1) is 0 Å². The van der Waals surface area contributed by atoms with Crippen molar-refractivity contribution in [3.05, 3.63) is 70.1 Å². The molecule has 0 radical (unpaired) electrons. The number of ketones is 1. The Hall–Kier alpha value is -3.94. The molecule has 208 valence electrons. The SMILES string of the molecule is COc1ccc([C@@H]2C(C(=O)OCC(C)C)=C(C)NC3=C2C(=O)C[C@@H](c2ccc(OC)c(OC)c2)C3)c(OC)c1. The lowest BCUT2D eigenvalue weighted by atomic mass is 9.71. The molecule has 4 rings (SSSR count). The minimum Gasteiger partial charge on any atom is -0.497 e. The number of hydrogen-bond donors (Lipinski definition) is 1. The Bertz CT molecular complexity index is 1320. The Morgan fingerprint density at radius 1 is 0.923 bits per heavy atom. The van der Waals surface area contributed by atoms with Crippen LogP contribution in [0.1, 0.15) is 56.6 Å². The summed E-state index contributed by atoms with van der Waals surface area (Å²) >= 11 is 0. The topological polar surface area (TPSA) is 92.3 Å². The highest BCUT2D eigenvalue weighted by atomic mass is 16.5. The van der Waals surface area contributed by atoms with E-state index in [1.165, 1.54) is 0 Å². The summed E-state index contributed by atoms with van der Waals surface area (Å²) in [5.41, 5.74) is 4.13. The van der Waals surface area contributed by atoms with Crippen LogP contribution in [0, 0.1) is 5.92 Å². The quantitative estimate of drug-likeness (QED) is 0.434. The molecule has 2 aromatic rings. The number of dihydropyridines is 1. The normalized spacial score (nSPS) is 18.9. The van der Waals surface area contributed by atoms with Crippen LogP contribution in [-0.2, 0) is 14.3 Å². The van der Waals surface area contributed by atoms with Crippen LogP contribution in [0.25, 0.3) is 0 Å². The van der Waals surface area contributed by atoms with Gasteiger partial charge < -0.3 is 29.0 Å². The standard InChI is InChI=1S/C31H37NO7/c1-17(2)16-39-31(34)28-18(3)32-23-12-20(19-8-11-25(36-5)27(14-19)38-7)13-24(33)30(23)29(28)22-10-9-21(35-4)15-26(22)37-6/h8-11,14-15,17,20,29,32H,12-13,16H2,1-7H3/t20-,29+/m0/s1. The van der Waals surface area contributed by atoms with Crippen molar-refractivity contribution in [3.63, 3.8) is 0 Å². The number of ether oxygens (including phenoxy) is 5. The first kappa shape index (κ1) is 28.1. The molecule has 0 aromatic heterocycles. The molecule has 2 atom stereocenters. The van der Waals surface area contributed by atoms with Gasteiger partial charge in [0, 0.05) is 35.0 Å². The minimum atomic E-state index is -0.638. The number of methoxy groups -OCH3 is 4. The van der Waals surface area contributed by atoms with Crippen LogP contribution in [0.2, 0.25) is 0 Å². The van der Waals surface area contributed by atoms with Gasteiger partial charge in [-0.3, -0.25) is 4.79 Å². The van der Waals surface area contributed by atoms with E-state index in [4.69, 9.17) is 23.7 Å². The molecule has 2 aromatic carbocycles. The molecule has 0 saturated heterocycles. The maximum absolute atomic E-state index is 13.9. The Labute approximate surface area is 229 Å². The van der Waals surface area contributed by atoms with Crippen molar-refractivity contribution >= 4 is 11.8 Å². The third-order valence-electron chi connectivity index (χ3n) is 7.23. The van der Waals surface area contributed by atoms with Crippen molar-refractivity contribution in [1.29, 1.82) is 0 Å². The Kier molecular flexibility index (Phi) is 8.53. The number of rotatable bonds is 9. The summed E-state index contributed by atoms with van der Waals surface area (Å²) in [6, 6.07) is 11.2. The number of benzene rings is 2. The van der Waals surface area contributed by atoms with Crippen LogP contribution in [0.15, 0.2) is 58.9 Å². The largest absolute Gasteiger partial charge is 0.497 e. The third-order valence-corrected chi connectivity index (χ3v) is 7.23. The lowest BCUT2D eigenvalue weighted by Crippen LogP contribution is -2.36. The molecule has 1 N–H and O–H groups in total. The third kappa shape index (κ3) is 5.60. The molecule has 0 fully saturated rings. The van der Waals surface area contributed by atoms with Gasteiger partial charge in [0.05, 0.1) is 46.5 Å². The van der Waals surface area contributed by atoms with Crippen molar-refractivity contribution in [2.75, 3.05) is 35.0 Å². The van der Waals surface area contributed by atoms with E-state index >= 15 is 0 Å². The maximum Gasteiger partial charge on any atom is 0.336 e. The first-order chi connectivity index (χ1) is 18.7. The Balaban J connectivity index is 1.81. The minimum absolute atomic E-state index is 0.0342. The van der Waals surface area contributed by atoms with Gasteiger partial charge in [0.1, 0.15) is 11.5 Å². The van der Waals surface area contributed by atoms with Crippen molar-refractivity contribution in [1.82, 2.24) is 5.32 Å². The molecule has 0 saturated carbocycles. The number of carbonyl (C=O) groups is 2. The molecule has 39 heavy (non-hydrogen) atoms. The van der Waals surface area contributed by atoms with E-state index in [9.17, 15) is 9.59 Å². The zero-order valence-electron chi connectivity index (χ0n) is 23.7. The van der Waals surface area contributed by atoms with E-state index in [2.05, 4.69) is 5.32 Å². The molecule has 0 bridgehead atoms. The van der Waals surface area contributed by atoms with Crippen molar-refractivity contribution in [2.24, 2.45) is 5.92 Å². The fourth-order valence-corrected chi connectivity index (χ4v) is 5.34. The summed E-state index contributed by atoms with van der Waals surface area (Å²) in [6.45, 7) is 6.10. The number of Topliss-reactive ketones (excluding diaryl/α,β-unsaturated/α-hetero) is 1.